The highest BCUT2D eigenvalue weighted by Crippen LogP contribution is 2.35. The van der Waals surface area contributed by atoms with Crippen LogP contribution < -0.4 is 0 Å². The summed E-state index contributed by atoms with van der Waals surface area (Å²) in [4.78, 5) is 10.9. The summed E-state index contributed by atoms with van der Waals surface area (Å²) in [6.45, 7) is 1.55. The van der Waals surface area contributed by atoms with E-state index in [1.54, 1.807) is 13.0 Å². The first kappa shape index (κ1) is 24.5. The fraction of sp³-hybridized carbons (Fsp3) is 0.160. The number of hydrogen-bond acceptors (Lipinski definition) is 3. The minimum absolute atomic E-state index is 0.00236. The number of benzene rings is 3. The number of carboxylic acids is 1. The maximum atomic E-state index is 13.9. The average Bonchev–Trinajstić information content (AvgIpc) is 3.15. The van der Waals surface area contributed by atoms with E-state index < -0.39 is 33.5 Å². The molecule has 3 aromatic carbocycles. The smallest absolute Gasteiger partial charge is 0.416 e. The number of hydrogen-bond donors (Lipinski definition) is 1. The van der Waals surface area contributed by atoms with Crippen LogP contribution in [-0.2, 0) is 27.4 Å². The first-order valence-electron chi connectivity index (χ1n) is 10.4. The van der Waals surface area contributed by atoms with Gasteiger partial charge in [-0.15, -0.1) is 0 Å². The Morgan fingerprint density at radius 2 is 1.71 bits per heavy atom. The van der Waals surface area contributed by atoms with Gasteiger partial charge in [0.2, 0.25) is 0 Å². The Balaban J connectivity index is 1.83. The molecule has 35 heavy (non-hydrogen) atoms. The Morgan fingerprint density at radius 1 is 1.03 bits per heavy atom. The van der Waals surface area contributed by atoms with Gasteiger partial charge in [-0.05, 0) is 72.0 Å². The molecular formula is C25H19F4NO4S. The summed E-state index contributed by atoms with van der Waals surface area (Å²) < 4.78 is 81.0. The molecule has 1 heterocycles. The van der Waals surface area contributed by atoms with Gasteiger partial charge < -0.3 is 5.11 Å². The van der Waals surface area contributed by atoms with Crippen LogP contribution in [0.15, 0.2) is 71.8 Å². The fourth-order valence-electron chi connectivity index (χ4n) is 4.03. The molecule has 0 radical (unpaired) electrons. The summed E-state index contributed by atoms with van der Waals surface area (Å²) in [6.07, 6.45) is -3.47. The first-order chi connectivity index (χ1) is 16.4. The van der Waals surface area contributed by atoms with Crippen LogP contribution in [-0.4, -0.2) is 23.5 Å². The van der Waals surface area contributed by atoms with Gasteiger partial charge in [0.05, 0.1) is 16.0 Å². The number of aromatic nitrogens is 1. The van der Waals surface area contributed by atoms with E-state index in [2.05, 4.69) is 0 Å². The standard InChI is InChI=1S/C25H19F4NO4S/c1-15-20(16-5-8-18(9-6-16)25(27,28)29)3-2-4-23(15)35(33,34)30-14-17(7-12-24(31)32)21-13-19(26)10-11-22(21)30/h2-6,8-11,13-14H,7,12H2,1H3,(H,31,32). The van der Waals surface area contributed by atoms with Crippen LogP contribution in [0.2, 0.25) is 0 Å². The van der Waals surface area contributed by atoms with E-state index in [1.165, 1.54) is 36.5 Å². The van der Waals surface area contributed by atoms with Crippen LogP contribution in [0.3, 0.4) is 0 Å². The lowest BCUT2D eigenvalue weighted by Crippen LogP contribution is -2.13. The second-order valence-electron chi connectivity index (χ2n) is 8.01. The summed E-state index contributed by atoms with van der Waals surface area (Å²) >= 11 is 0. The van der Waals surface area contributed by atoms with Crippen LogP contribution in [0.25, 0.3) is 22.0 Å². The van der Waals surface area contributed by atoms with E-state index in [9.17, 15) is 30.8 Å². The number of fused-ring (bicyclic) bond motifs is 1. The van der Waals surface area contributed by atoms with Gasteiger partial charge in [0.1, 0.15) is 5.82 Å². The van der Waals surface area contributed by atoms with Gasteiger partial charge in [0.15, 0.2) is 0 Å². The maximum Gasteiger partial charge on any atom is 0.416 e. The Labute approximate surface area is 198 Å². The molecule has 4 aromatic rings. The third-order valence-electron chi connectivity index (χ3n) is 5.77. The molecule has 5 nitrogen and oxygen atoms in total. The zero-order valence-corrected chi connectivity index (χ0v) is 19.1. The maximum absolute atomic E-state index is 13.9. The van der Waals surface area contributed by atoms with Crippen LogP contribution in [0.5, 0.6) is 0 Å². The van der Waals surface area contributed by atoms with Crippen molar-refractivity contribution in [2.24, 2.45) is 0 Å². The van der Waals surface area contributed by atoms with Gasteiger partial charge in [0.25, 0.3) is 10.0 Å². The molecule has 1 aromatic heterocycles. The number of aliphatic carboxylic acids is 1. The SMILES string of the molecule is Cc1c(-c2ccc(C(F)(F)F)cc2)cccc1S(=O)(=O)n1cc(CCC(=O)O)c2cc(F)ccc21. The summed E-state index contributed by atoms with van der Waals surface area (Å²) in [5.41, 5.74) is 0.904. The molecule has 0 aliphatic rings. The summed E-state index contributed by atoms with van der Waals surface area (Å²) in [5.74, 6) is -1.67. The van der Waals surface area contributed by atoms with Crippen molar-refractivity contribution < 1.29 is 35.9 Å². The second kappa shape index (κ2) is 8.84. The number of carboxylic acid groups (broad SMARTS) is 1. The zero-order valence-electron chi connectivity index (χ0n) is 18.3. The van der Waals surface area contributed by atoms with E-state index in [0.717, 1.165) is 28.2 Å². The zero-order chi connectivity index (χ0) is 25.5. The highest BCUT2D eigenvalue weighted by molar-refractivity contribution is 7.90. The normalized spacial score (nSPS) is 12.3. The minimum Gasteiger partial charge on any atom is -0.481 e. The average molecular weight is 505 g/mol. The molecule has 0 saturated carbocycles. The third kappa shape index (κ3) is 4.66. The lowest BCUT2D eigenvalue weighted by molar-refractivity contribution is -0.138. The highest BCUT2D eigenvalue weighted by Gasteiger charge is 2.30. The van der Waals surface area contributed by atoms with Crippen molar-refractivity contribution in [1.82, 2.24) is 3.97 Å². The number of carbonyl (C=O) groups is 1. The van der Waals surface area contributed by atoms with Gasteiger partial charge in [-0.25, -0.2) is 16.8 Å². The Kier molecular flexibility index (Phi) is 6.18. The van der Waals surface area contributed by atoms with Gasteiger partial charge in [-0.2, -0.15) is 13.2 Å². The van der Waals surface area contributed by atoms with Gasteiger partial charge in [0, 0.05) is 18.0 Å². The van der Waals surface area contributed by atoms with Crippen molar-refractivity contribution in [2.45, 2.75) is 30.8 Å². The van der Waals surface area contributed by atoms with Gasteiger partial charge >= 0.3 is 12.1 Å². The molecule has 182 valence electrons. The second-order valence-corrected chi connectivity index (χ2v) is 9.80. The van der Waals surface area contributed by atoms with Crippen LogP contribution in [0, 0.1) is 12.7 Å². The molecule has 10 heteroatoms. The number of aryl methyl sites for hydroxylation is 1. The summed E-state index contributed by atoms with van der Waals surface area (Å²) in [6, 6.07) is 12.5. The molecule has 0 fully saturated rings. The molecule has 0 aliphatic heterocycles. The Hall–Kier alpha value is -3.66. The molecule has 0 saturated heterocycles. The topological polar surface area (TPSA) is 76.4 Å². The van der Waals surface area contributed by atoms with Crippen LogP contribution >= 0.6 is 0 Å². The predicted octanol–water partition coefficient (Wildman–Crippen LogP) is 6.03. The van der Waals surface area contributed by atoms with E-state index >= 15 is 0 Å². The molecule has 0 aliphatic carbocycles. The molecule has 0 unspecified atom stereocenters. The monoisotopic (exact) mass is 505 g/mol. The van der Waals surface area contributed by atoms with Crippen molar-refractivity contribution in [2.75, 3.05) is 0 Å². The van der Waals surface area contributed by atoms with Crippen LogP contribution in [0.4, 0.5) is 17.6 Å². The van der Waals surface area contributed by atoms with Crippen molar-refractivity contribution in [1.29, 1.82) is 0 Å². The van der Waals surface area contributed by atoms with Gasteiger partial charge in [-0.3, -0.25) is 4.79 Å². The largest absolute Gasteiger partial charge is 0.481 e. The van der Waals surface area contributed by atoms with Gasteiger partial charge in [-0.1, -0.05) is 24.3 Å². The highest BCUT2D eigenvalue weighted by atomic mass is 32.2. The van der Waals surface area contributed by atoms with E-state index in [4.69, 9.17) is 5.11 Å². The third-order valence-corrected chi connectivity index (χ3v) is 7.59. The summed E-state index contributed by atoms with van der Waals surface area (Å²) in [5, 5.41) is 9.31. The number of rotatable bonds is 6. The van der Waals surface area contributed by atoms with Crippen molar-refractivity contribution >= 4 is 26.9 Å². The molecule has 1 N–H and O–H groups in total. The predicted molar refractivity (Wildman–Crippen MR) is 122 cm³/mol. The van der Waals surface area contributed by atoms with E-state index in [1.807, 2.05) is 0 Å². The lowest BCUT2D eigenvalue weighted by atomic mass is 9.99. The molecule has 0 spiro atoms. The Morgan fingerprint density at radius 3 is 2.34 bits per heavy atom. The number of alkyl halides is 3. The lowest BCUT2D eigenvalue weighted by Gasteiger charge is -2.14. The number of halogens is 4. The Bertz CT molecular complexity index is 1540. The first-order valence-corrected chi connectivity index (χ1v) is 11.9. The molecule has 0 bridgehead atoms. The van der Waals surface area contributed by atoms with Crippen LogP contribution in [0.1, 0.15) is 23.1 Å². The summed E-state index contributed by atoms with van der Waals surface area (Å²) in [7, 11) is -4.22. The molecule has 0 amide bonds. The molecule has 4 rings (SSSR count). The molecule has 0 atom stereocenters. The number of nitrogens with zero attached hydrogens (tertiary/aromatic N) is 1. The van der Waals surface area contributed by atoms with Crippen molar-refractivity contribution in [3.63, 3.8) is 0 Å². The minimum atomic E-state index is -4.49. The quantitative estimate of drug-likeness (QED) is 0.325. The van der Waals surface area contributed by atoms with E-state index in [-0.39, 0.29) is 28.6 Å². The van der Waals surface area contributed by atoms with Crippen molar-refractivity contribution in [3.05, 3.63) is 89.4 Å². The fourth-order valence-corrected chi connectivity index (χ4v) is 5.67. The van der Waals surface area contributed by atoms with E-state index in [0.29, 0.717) is 22.3 Å². The van der Waals surface area contributed by atoms with Crippen molar-refractivity contribution in [3.8, 4) is 11.1 Å². The molecular weight excluding hydrogens is 486 g/mol.